The maximum Gasteiger partial charge on any atom is 0.195 e. The van der Waals surface area contributed by atoms with Crippen LogP contribution in [-0.2, 0) is 6.42 Å². The van der Waals surface area contributed by atoms with E-state index in [1.54, 1.807) is 7.05 Å². The fraction of sp³-hybridized carbons (Fsp3) is 0.474. The SMILES string of the molecule is CN=C(NCCCc1c(C)noc1C)Nc1ccc2c(c1)OCCCO2. The molecule has 0 saturated heterocycles. The minimum Gasteiger partial charge on any atom is -0.490 e. The average molecular weight is 358 g/mol. The van der Waals surface area contributed by atoms with E-state index in [9.17, 15) is 0 Å². The topological polar surface area (TPSA) is 80.9 Å². The van der Waals surface area contributed by atoms with Gasteiger partial charge in [0.25, 0.3) is 0 Å². The number of benzene rings is 1. The summed E-state index contributed by atoms with van der Waals surface area (Å²) in [4.78, 5) is 4.28. The van der Waals surface area contributed by atoms with Crippen LogP contribution < -0.4 is 20.1 Å². The third kappa shape index (κ3) is 4.47. The summed E-state index contributed by atoms with van der Waals surface area (Å²) in [5.41, 5.74) is 3.07. The van der Waals surface area contributed by atoms with Gasteiger partial charge in [-0.15, -0.1) is 0 Å². The number of fused-ring (bicyclic) bond motifs is 1. The molecule has 1 aliphatic rings. The summed E-state index contributed by atoms with van der Waals surface area (Å²) >= 11 is 0. The Morgan fingerprint density at radius 3 is 2.73 bits per heavy atom. The zero-order chi connectivity index (χ0) is 18.4. The van der Waals surface area contributed by atoms with Gasteiger partial charge in [-0.25, -0.2) is 0 Å². The third-order valence-electron chi connectivity index (χ3n) is 4.31. The first-order chi connectivity index (χ1) is 12.7. The van der Waals surface area contributed by atoms with Crippen LogP contribution in [0.4, 0.5) is 5.69 Å². The Balaban J connectivity index is 1.51. The Labute approximate surface area is 153 Å². The van der Waals surface area contributed by atoms with Crippen molar-refractivity contribution < 1.29 is 14.0 Å². The van der Waals surface area contributed by atoms with Crippen molar-refractivity contribution in [2.45, 2.75) is 33.1 Å². The van der Waals surface area contributed by atoms with Gasteiger partial charge >= 0.3 is 0 Å². The maximum atomic E-state index is 5.73. The lowest BCUT2D eigenvalue weighted by Gasteiger charge is -2.14. The highest BCUT2D eigenvalue weighted by molar-refractivity contribution is 5.93. The Hall–Kier alpha value is -2.70. The smallest absolute Gasteiger partial charge is 0.195 e. The third-order valence-corrected chi connectivity index (χ3v) is 4.31. The number of nitrogens with zero attached hydrogens (tertiary/aromatic N) is 2. The van der Waals surface area contributed by atoms with Gasteiger partial charge in [-0.3, -0.25) is 4.99 Å². The Morgan fingerprint density at radius 1 is 1.19 bits per heavy atom. The van der Waals surface area contributed by atoms with Crippen LogP contribution in [0.2, 0.25) is 0 Å². The second-order valence-electron chi connectivity index (χ2n) is 6.24. The van der Waals surface area contributed by atoms with Crippen LogP contribution in [-0.4, -0.2) is 37.9 Å². The molecular formula is C19H26N4O3. The van der Waals surface area contributed by atoms with Crippen LogP contribution in [0.1, 0.15) is 29.9 Å². The average Bonchev–Trinajstić information content (AvgIpc) is 2.84. The molecule has 0 amide bonds. The fourth-order valence-electron chi connectivity index (χ4n) is 2.89. The summed E-state index contributed by atoms with van der Waals surface area (Å²) in [5, 5.41) is 10.6. The van der Waals surface area contributed by atoms with Gasteiger partial charge in [0.1, 0.15) is 5.76 Å². The zero-order valence-corrected chi connectivity index (χ0v) is 15.6. The van der Waals surface area contributed by atoms with Crippen molar-refractivity contribution >= 4 is 11.6 Å². The Bertz CT molecular complexity index is 751. The molecule has 1 aromatic carbocycles. The molecule has 1 aliphatic heterocycles. The van der Waals surface area contributed by atoms with Crippen molar-refractivity contribution in [3.8, 4) is 11.5 Å². The number of rotatable bonds is 5. The standard InChI is InChI=1S/C19H26N4O3/c1-13-16(14(2)26-23-13)6-4-9-21-19(20-3)22-15-7-8-17-18(12-15)25-11-5-10-24-17/h7-8,12H,4-6,9-11H2,1-3H3,(H2,20,21,22). The second kappa shape index (κ2) is 8.60. The molecule has 0 bridgehead atoms. The van der Waals surface area contributed by atoms with E-state index in [2.05, 4.69) is 20.8 Å². The lowest BCUT2D eigenvalue weighted by atomic mass is 10.1. The molecule has 1 aromatic heterocycles. The molecule has 7 heteroatoms. The monoisotopic (exact) mass is 358 g/mol. The number of aliphatic imine (C=N–C) groups is 1. The number of hydrogen-bond donors (Lipinski definition) is 2. The maximum absolute atomic E-state index is 5.73. The molecule has 26 heavy (non-hydrogen) atoms. The van der Waals surface area contributed by atoms with Crippen molar-refractivity contribution in [3.63, 3.8) is 0 Å². The molecule has 0 unspecified atom stereocenters. The quantitative estimate of drug-likeness (QED) is 0.486. The van der Waals surface area contributed by atoms with E-state index in [0.717, 1.165) is 60.4 Å². The number of hydrogen-bond acceptors (Lipinski definition) is 5. The highest BCUT2D eigenvalue weighted by Gasteiger charge is 2.12. The summed E-state index contributed by atoms with van der Waals surface area (Å²) < 4.78 is 16.6. The van der Waals surface area contributed by atoms with Crippen LogP contribution in [0.5, 0.6) is 11.5 Å². The van der Waals surface area contributed by atoms with E-state index < -0.39 is 0 Å². The van der Waals surface area contributed by atoms with Crippen molar-refractivity contribution in [1.29, 1.82) is 0 Å². The highest BCUT2D eigenvalue weighted by atomic mass is 16.5. The summed E-state index contributed by atoms with van der Waals surface area (Å²) in [7, 11) is 1.76. The number of anilines is 1. The molecule has 0 fully saturated rings. The van der Waals surface area contributed by atoms with E-state index in [-0.39, 0.29) is 0 Å². The van der Waals surface area contributed by atoms with Crippen LogP contribution in [0.3, 0.4) is 0 Å². The van der Waals surface area contributed by atoms with Crippen molar-refractivity contribution in [3.05, 3.63) is 35.2 Å². The van der Waals surface area contributed by atoms with Gasteiger partial charge in [0, 0.05) is 37.3 Å². The van der Waals surface area contributed by atoms with Crippen LogP contribution in [0.25, 0.3) is 0 Å². The number of ether oxygens (including phenoxy) is 2. The lowest BCUT2D eigenvalue weighted by Crippen LogP contribution is -2.31. The Kier molecular flexibility index (Phi) is 5.99. The summed E-state index contributed by atoms with van der Waals surface area (Å²) in [6, 6.07) is 5.83. The minimum atomic E-state index is 0.672. The molecule has 0 spiro atoms. The minimum absolute atomic E-state index is 0.672. The van der Waals surface area contributed by atoms with Gasteiger partial charge in [-0.2, -0.15) is 0 Å². The molecule has 7 nitrogen and oxygen atoms in total. The van der Waals surface area contributed by atoms with E-state index in [0.29, 0.717) is 13.2 Å². The van der Waals surface area contributed by atoms with E-state index in [1.165, 1.54) is 5.56 Å². The zero-order valence-electron chi connectivity index (χ0n) is 15.6. The summed E-state index contributed by atoms with van der Waals surface area (Å²) in [6.45, 7) is 6.09. The number of guanidine groups is 1. The van der Waals surface area contributed by atoms with Gasteiger partial charge in [0.2, 0.25) is 0 Å². The predicted molar refractivity (Wildman–Crippen MR) is 101 cm³/mol. The first-order valence-electron chi connectivity index (χ1n) is 8.96. The van der Waals surface area contributed by atoms with Crippen molar-refractivity contribution in [1.82, 2.24) is 10.5 Å². The molecule has 0 saturated carbocycles. The fourth-order valence-corrected chi connectivity index (χ4v) is 2.89. The van der Waals surface area contributed by atoms with Gasteiger partial charge < -0.3 is 24.6 Å². The number of nitrogens with one attached hydrogen (secondary N) is 2. The van der Waals surface area contributed by atoms with Crippen LogP contribution >= 0.6 is 0 Å². The predicted octanol–water partition coefficient (Wildman–Crippen LogP) is 3.07. The molecule has 2 heterocycles. The molecule has 0 atom stereocenters. The van der Waals surface area contributed by atoms with Gasteiger partial charge in [-0.05, 0) is 38.8 Å². The molecule has 2 aromatic rings. The van der Waals surface area contributed by atoms with E-state index >= 15 is 0 Å². The van der Waals surface area contributed by atoms with Gasteiger partial charge in [0.05, 0.1) is 18.9 Å². The normalized spacial score (nSPS) is 14.0. The molecule has 3 rings (SSSR count). The first kappa shape index (κ1) is 18.1. The second-order valence-corrected chi connectivity index (χ2v) is 6.24. The highest BCUT2D eigenvalue weighted by Crippen LogP contribution is 2.32. The lowest BCUT2D eigenvalue weighted by molar-refractivity contribution is 0.297. The Morgan fingerprint density at radius 2 is 2.00 bits per heavy atom. The van der Waals surface area contributed by atoms with Crippen molar-refractivity contribution in [2.75, 3.05) is 32.1 Å². The number of aryl methyl sites for hydroxylation is 2. The molecule has 0 aliphatic carbocycles. The first-order valence-corrected chi connectivity index (χ1v) is 8.96. The van der Waals surface area contributed by atoms with E-state index in [1.807, 2.05) is 32.0 Å². The largest absolute Gasteiger partial charge is 0.490 e. The van der Waals surface area contributed by atoms with E-state index in [4.69, 9.17) is 14.0 Å². The van der Waals surface area contributed by atoms with Crippen LogP contribution in [0.15, 0.2) is 27.7 Å². The summed E-state index contributed by atoms with van der Waals surface area (Å²) in [5.74, 6) is 3.17. The molecule has 140 valence electrons. The van der Waals surface area contributed by atoms with Gasteiger partial charge in [0.15, 0.2) is 17.5 Å². The van der Waals surface area contributed by atoms with Gasteiger partial charge in [-0.1, -0.05) is 5.16 Å². The van der Waals surface area contributed by atoms with Crippen LogP contribution in [0, 0.1) is 13.8 Å². The summed E-state index contributed by atoms with van der Waals surface area (Å²) in [6.07, 6.45) is 2.78. The number of aromatic nitrogens is 1. The molecular weight excluding hydrogens is 332 g/mol. The van der Waals surface area contributed by atoms with Crippen molar-refractivity contribution in [2.24, 2.45) is 4.99 Å². The molecule has 2 N–H and O–H groups in total. The molecule has 0 radical (unpaired) electrons.